The molecule has 1 aromatic heterocycles. The van der Waals surface area contributed by atoms with Crippen LogP contribution in [0.2, 0.25) is 0 Å². The number of carbonyl (C=O) groups excluding carboxylic acids is 1. The lowest BCUT2D eigenvalue weighted by atomic mass is 9.99. The highest BCUT2D eigenvalue weighted by atomic mass is 16.4. The minimum atomic E-state index is -0.291. The van der Waals surface area contributed by atoms with E-state index < -0.39 is 0 Å². The lowest BCUT2D eigenvalue weighted by Crippen LogP contribution is -2.49. The van der Waals surface area contributed by atoms with Crippen LogP contribution in [0.5, 0.6) is 0 Å². The van der Waals surface area contributed by atoms with E-state index in [4.69, 9.17) is 4.42 Å². The number of anilines is 2. The monoisotopic (exact) mass is 361 g/mol. The molecule has 5 nitrogen and oxygen atoms in total. The van der Waals surface area contributed by atoms with Crippen LogP contribution in [0.25, 0.3) is 11.1 Å². The number of oxazole rings is 1. The summed E-state index contributed by atoms with van der Waals surface area (Å²) >= 11 is 0. The second-order valence-electron chi connectivity index (χ2n) is 7.71. The SMILES string of the molecule is C[C@H]1CCCN(C(=O)[C@@H]2Cc3ccccc3N2c2nc3ccccc3o2)C1. The van der Waals surface area contributed by atoms with Gasteiger partial charge in [0.05, 0.1) is 0 Å². The molecule has 0 N–H and O–H groups in total. The maximum atomic E-state index is 13.4. The summed E-state index contributed by atoms with van der Waals surface area (Å²) in [4.78, 5) is 22.1. The zero-order valence-corrected chi connectivity index (χ0v) is 15.5. The van der Waals surface area contributed by atoms with E-state index in [0.717, 1.165) is 36.3 Å². The molecule has 27 heavy (non-hydrogen) atoms. The summed E-state index contributed by atoms with van der Waals surface area (Å²) in [7, 11) is 0. The quantitative estimate of drug-likeness (QED) is 0.688. The number of hydrogen-bond acceptors (Lipinski definition) is 4. The van der Waals surface area contributed by atoms with E-state index in [9.17, 15) is 4.79 Å². The third-order valence-corrected chi connectivity index (χ3v) is 5.72. The van der Waals surface area contributed by atoms with Crippen LogP contribution in [-0.4, -0.2) is 34.9 Å². The number of likely N-dealkylation sites (tertiary alicyclic amines) is 1. The predicted molar refractivity (Wildman–Crippen MR) is 105 cm³/mol. The van der Waals surface area contributed by atoms with E-state index in [-0.39, 0.29) is 11.9 Å². The molecule has 3 heterocycles. The van der Waals surface area contributed by atoms with Gasteiger partial charge in [-0.15, -0.1) is 0 Å². The van der Waals surface area contributed by atoms with Gasteiger partial charge in [-0.2, -0.15) is 4.98 Å². The van der Waals surface area contributed by atoms with Crippen molar-refractivity contribution in [2.45, 2.75) is 32.2 Å². The average Bonchev–Trinajstić information content (AvgIpc) is 3.28. The van der Waals surface area contributed by atoms with Crippen LogP contribution in [0.4, 0.5) is 11.7 Å². The summed E-state index contributed by atoms with van der Waals surface area (Å²) in [6, 6.07) is 16.1. The highest BCUT2D eigenvalue weighted by Gasteiger charge is 2.40. The Morgan fingerprint density at radius 3 is 2.81 bits per heavy atom. The molecule has 138 valence electrons. The maximum absolute atomic E-state index is 13.4. The predicted octanol–water partition coefficient (Wildman–Crippen LogP) is 4.15. The molecule has 0 radical (unpaired) electrons. The fourth-order valence-corrected chi connectivity index (χ4v) is 4.38. The molecule has 5 rings (SSSR count). The molecule has 1 fully saturated rings. The summed E-state index contributed by atoms with van der Waals surface area (Å²) in [6.07, 6.45) is 2.97. The van der Waals surface area contributed by atoms with Crippen molar-refractivity contribution in [1.29, 1.82) is 0 Å². The lowest BCUT2D eigenvalue weighted by Gasteiger charge is -2.34. The number of hydrogen-bond donors (Lipinski definition) is 0. The second-order valence-corrected chi connectivity index (χ2v) is 7.71. The van der Waals surface area contributed by atoms with E-state index in [2.05, 4.69) is 24.0 Å². The van der Waals surface area contributed by atoms with Crippen molar-refractivity contribution in [2.75, 3.05) is 18.0 Å². The molecule has 0 aliphatic carbocycles. The molecule has 0 bridgehead atoms. The first-order chi connectivity index (χ1) is 13.2. The number of benzene rings is 2. The van der Waals surface area contributed by atoms with Crippen molar-refractivity contribution in [3.63, 3.8) is 0 Å². The molecule has 5 heteroatoms. The summed E-state index contributed by atoms with van der Waals surface area (Å²) < 4.78 is 6.04. The van der Waals surface area contributed by atoms with Crippen LogP contribution in [0.1, 0.15) is 25.3 Å². The number of aromatic nitrogens is 1. The summed E-state index contributed by atoms with van der Waals surface area (Å²) in [5, 5.41) is 0. The lowest BCUT2D eigenvalue weighted by molar-refractivity contribution is -0.134. The van der Waals surface area contributed by atoms with E-state index in [0.29, 0.717) is 18.4 Å². The first kappa shape index (κ1) is 16.4. The van der Waals surface area contributed by atoms with Gasteiger partial charge in [-0.05, 0) is 42.5 Å². The Morgan fingerprint density at radius 1 is 1.15 bits per heavy atom. The van der Waals surface area contributed by atoms with Crippen molar-refractivity contribution in [3.8, 4) is 0 Å². The minimum Gasteiger partial charge on any atom is -0.423 e. The highest BCUT2D eigenvalue weighted by molar-refractivity contribution is 5.91. The molecule has 2 aliphatic heterocycles. The van der Waals surface area contributed by atoms with Gasteiger partial charge in [0.1, 0.15) is 11.6 Å². The summed E-state index contributed by atoms with van der Waals surface area (Å²) in [5.41, 5.74) is 3.75. The van der Waals surface area contributed by atoms with Crippen molar-refractivity contribution < 1.29 is 9.21 Å². The smallest absolute Gasteiger partial charge is 0.303 e. The van der Waals surface area contributed by atoms with E-state index in [1.54, 1.807) is 0 Å². The van der Waals surface area contributed by atoms with Crippen molar-refractivity contribution in [3.05, 3.63) is 54.1 Å². The average molecular weight is 361 g/mol. The minimum absolute atomic E-state index is 0.181. The van der Waals surface area contributed by atoms with Gasteiger partial charge in [-0.3, -0.25) is 9.69 Å². The Kier molecular flexibility index (Phi) is 3.88. The molecule has 1 saturated heterocycles. The van der Waals surface area contributed by atoms with Crippen LogP contribution >= 0.6 is 0 Å². The van der Waals surface area contributed by atoms with E-state index >= 15 is 0 Å². The molecule has 2 atom stereocenters. The van der Waals surface area contributed by atoms with E-state index in [1.807, 2.05) is 46.2 Å². The van der Waals surface area contributed by atoms with Gasteiger partial charge in [0.15, 0.2) is 5.58 Å². The largest absolute Gasteiger partial charge is 0.423 e. The van der Waals surface area contributed by atoms with Crippen molar-refractivity contribution in [1.82, 2.24) is 9.88 Å². The van der Waals surface area contributed by atoms with Gasteiger partial charge in [0.2, 0.25) is 5.91 Å². The van der Waals surface area contributed by atoms with Crippen molar-refractivity contribution in [2.24, 2.45) is 5.92 Å². The first-order valence-corrected chi connectivity index (χ1v) is 9.72. The third-order valence-electron chi connectivity index (χ3n) is 5.72. The molecule has 0 saturated carbocycles. The Labute approximate surface area is 158 Å². The fraction of sp³-hybridized carbons (Fsp3) is 0.364. The fourth-order valence-electron chi connectivity index (χ4n) is 4.38. The van der Waals surface area contributed by atoms with Crippen LogP contribution in [0, 0.1) is 5.92 Å². The zero-order valence-electron chi connectivity index (χ0n) is 15.5. The molecule has 2 aliphatic rings. The third kappa shape index (κ3) is 2.78. The number of amides is 1. The van der Waals surface area contributed by atoms with Crippen LogP contribution in [0.3, 0.4) is 0 Å². The summed E-state index contributed by atoms with van der Waals surface area (Å²) in [6.45, 7) is 3.91. The zero-order chi connectivity index (χ0) is 18.4. The van der Waals surface area contributed by atoms with E-state index in [1.165, 1.54) is 12.0 Å². The number of fused-ring (bicyclic) bond motifs is 2. The van der Waals surface area contributed by atoms with Gasteiger partial charge in [-0.1, -0.05) is 37.3 Å². The normalized spacial score (nSPS) is 22.3. The molecular weight excluding hydrogens is 338 g/mol. The molecular formula is C22H23N3O2. The maximum Gasteiger partial charge on any atom is 0.303 e. The van der Waals surface area contributed by atoms with Gasteiger partial charge in [0, 0.05) is 25.2 Å². The van der Waals surface area contributed by atoms with Crippen molar-refractivity contribution >= 4 is 28.7 Å². The van der Waals surface area contributed by atoms with Gasteiger partial charge >= 0.3 is 6.01 Å². The Balaban J connectivity index is 1.55. The Bertz CT molecular complexity index is 963. The standard InChI is InChI=1S/C22H23N3O2/c1-15-7-6-12-24(14-15)21(26)19-13-16-8-2-4-10-18(16)25(19)22-23-17-9-3-5-11-20(17)27-22/h2-5,8-11,15,19H,6-7,12-14H2,1H3/t15-,19-/m0/s1. The molecule has 0 unspecified atom stereocenters. The molecule has 0 spiro atoms. The molecule has 3 aromatic rings. The first-order valence-electron chi connectivity index (χ1n) is 9.72. The van der Waals surface area contributed by atoms with Gasteiger partial charge in [0.25, 0.3) is 0 Å². The topological polar surface area (TPSA) is 49.6 Å². The Morgan fingerprint density at radius 2 is 1.96 bits per heavy atom. The number of carbonyl (C=O) groups is 1. The Hall–Kier alpha value is -2.82. The van der Waals surface area contributed by atoms with Crippen LogP contribution < -0.4 is 4.90 Å². The van der Waals surface area contributed by atoms with Gasteiger partial charge in [-0.25, -0.2) is 0 Å². The number of rotatable bonds is 2. The summed E-state index contributed by atoms with van der Waals surface area (Å²) in [5.74, 6) is 0.740. The molecule has 2 aromatic carbocycles. The van der Waals surface area contributed by atoms with Crippen LogP contribution in [-0.2, 0) is 11.2 Å². The highest BCUT2D eigenvalue weighted by Crippen LogP contribution is 2.39. The van der Waals surface area contributed by atoms with Gasteiger partial charge < -0.3 is 9.32 Å². The number of piperidine rings is 1. The second kappa shape index (κ2) is 6.41. The molecule has 1 amide bonds. The van der Waals surface area contributed by atoms with Crippen LogP contribution in [0.15, 0.2) is 52.9 Å². The number of nitrogens with zero attached hydrogens (tertiary/aromatic N) is 3. The number of para-hydroxylation sites is 3.